The number of nitrogens with one attached hydrogen (secondary N) is 2. The molecule has 1 aromatic heterocycles. The van der Waals surface area contributed by atoms with Crippen molar-refractivity contribution in [2.75, 3.05) is 5.32 Å². The Morgan fingerprint density at radius 3 is 3.00 bits per heavy atom. The SMILES string of the molecule is CCCC(N)C(=O)Nc1ccc2n[nH]nc2c1. The molecule has 4 N–H and O–H groups in total. The number of anilines is 1. The molecule has 0 aliphatic heterocycles. The fraction of sp³-hybridized carbons (Fsp3) is 0.364. The molecule has 2 rings (SSSR count). The molecule has 1 atom stereocenters. The Hall–Kier alpha value is -1.95. The predicted molar refractivity (Wildman–Crippen MR) is 65.4 cm³/mol. The van der Waals surface area contributed by atoms with Crippen molar-refractivity contribution in [3.63, 3.8) is 0 Å². The molecule has 0 saturated heterocycles. The van der Waals surface area contributed by atoms with Crippen molar-refractivity contribution in [2.45, 2.75) is 25.8 Å². The van der Waals surface area contributed by atoms with E-state index in [1.807, 2.05) is 6.92 Å². The van der Waals surface area contributed by atoms with E-state index in [1.54, 1.807) is 18.2 Å². The summed E-state index contributed by atoms with van der Waals surface area (Å²) in [4.78, 5) is 11.7. The predicted octanol–water partition coefficient (Wildman–Crippen LogP) is 1.02. The summed E-state index contributed by atoms with van der Waals surface area (Å²) < 4.78 is 0. The number of aromatic nitrogens is 3. The van der Waals surface area contributed by atoms with Crippen LogP contribution >= 0.6 is 0 Å². The smallest absolute Gasteiger partial charge is 0.241 e. The van der Waals surface area contributed by atoms with Gasteiger partial charge in [-0.2, -0.15) is 15.4 Å². The average molecular weight is 233 g/mol. The van der Waals surface area contributed by atoms with Crippen LogP contribution in [0, 0.1) is 0 Å². The quantitative estimate of drug-likeness (QED) is 0.734. The highest BCUT2D eigenvalue weighted by molar-refractivity contribution is 5.96. The van der Waals surface area contributed by atoms with Gasteiger partial charge < -0.3 is 11.1 Å². The molecule has 90 valence electrons. The van der Waals surface area contributed by atoms with Crippen molar-refractivity contribution in [3.8, 4) is 0 Å². The minimum absolute atomic E-state index is 0.172. The molecule has 2 aromatic rings. The molecule has 0 aliphatic carbocycles. The van der Waals surface area contributed by atoms with Gasteiger partial charge in [0.05, 0.1) is 6.04 Å². The van der Waals surface area contributed by atoms with E-state index >= 15 is 0 Å². The van der Waals surface area contributed by atoms with Gasteiger partial charge in [0.25, 0.3) is 0 Å². The number of carbonyl (C=O) groups excluding carboxylic acids is 1. The van der Waals surface area contributed by atoms with Crippen LogP contribution in [0.15, 0.2) is 18.2 Å². The summed E-state index contributed by atoms with van der Waals surface area (Å²) in [6.07, 6.45) is 1.56. The van der Waals surface area contributed by atoms with Crippen molar-refractivity contribution in [1.82, 2.24) is 15.4 Å². The molecule has 0 spiro atoms. The summed E-state index contributed by atoms with van der Waals surface area (Å²) in [5, 5.41) is 13.2. The van der Waals surface area contributed by atoms with Gasteiger partial charge in [-0.3, -0.25) is 4.79 Å². The van der Waals surface area contributed by atoms with E-state index in [2.05, 4.69) is 20.7 Å². The molecule has 1 aromatic carbocycles. The zero-order chi connectivity index (χ0) is 12.3. The van der Waals surface area contributed by atoms with Crippen molar-refractivity contribution >= 4 is 22.6 Å². The number of nitrogens with two attached hydrogens (primary N) is 1. The Morgan fingerprint density at radius 1 is 1.47 bits per heavy atom. The molecule has 0 radical (unpaired) electrons. The number of fused-ring (bicyclic) bond motifs is 1. The van der Waals surface area contributed by atoms with Crippen molar-refractivity contribution < 1.29 is 4.79 Å². The summed E-state index contributed by atoms with van der Waals surface area (Å²) in [6, 6.07) is 4.87. The molecule has 1 unspecified atom stereocenters. The molecule has 0 aliphatic rings. The first-order valence-electron chi connectivity index (χ1n) is 5.57. The lowest BCUT2D eigenvalue weighted by Crippen LogP contribution is -2.35. The highest BCUT2D eigenvalue weighted by Gasteiger charge is 2.12. The van der Waals surface area contributed by atoms with E-state index in [4.69, 9.17) is 5.73 Å². The molecule has 6 nitrogen and oxygen atoms in total. The molecule has 0 fully saturated rings. The van der Waals surface area contributed by atoms with Crippen LogP contribution in [0.2, 0.25) is 0 Å². The Balaban J connectivity index is 2.09. The Labute approximate surface area is 98.6 Å². The van der Waals surface area contributed by atoms with Gasteiger partial charge in [0.2, 0.25) is 5.91 Å². The van der Waals surface area contributed by atoms with Crippen molar-refractivity contribution in [2.24, 2.45) is 5.73 Å². The molecule has 17 heavy (non-hydrogen) atoms. The number of carbonyl (C=O) groups is 1. The number of rotatable bonds is 4. The molecular formula is C11H15N5O. The number of aromatic amines is 1. The Kier molecular flexibility index (Phi) is 3.34. The van der Waals surface area contributed by atoms with Gasteiger partial charge >= 0.3 is 0 Å². The summed E-state index contributed by atoms with van der Waals surface area (Å²) in [5.41, 5.74) is 7.88. The summed E-state index contributed by atoms with van der Waals surface area (Å²) in [6.45, 7) is 1.99. The zero-order valence-corrected chi connectivity index (χ0v) is 9.60. The summed E-state index contributed by atoms with van der Waals surface area (Å²) >= 11 is 0. The van der Waals surface area contributed by atoms with Crippen molar-refractivity contribution in [3.05, 3.63) is 18.2 Å². The number of benzene rings is 1. The van der Waals surface area contributed by atoms with Gasteiger partial charge in [0.15, 0.2) is 0 Å². The fourth-order valence-electron chi connectivity index (χ4n) is 1.60. The van der Waals surface area contributed by atoms with Crippen LogP contribution in [0.4, 0.5) is 5.69 Å². The van der Waals surface area contributed by atoms with E-state index in [-0.39, 0.29) is 5.91 Å². The second-order valence-electron chi connectivity index (χ2n) is 3.91. The first-order chi connectivity index (χ1) is 8.20. The maximum Gasteiger partial charge on any atom is 0.241 e. The van der Waals surface area contributed by atoms with Crippen LogP contribution in [-0.2, 0) is 4.79 Å². The lowest BCUT2D eigenvalue weighted by Gasteiger charge is -2.10. The van der Waals surface area contributed by atoms with Crippen LogP contribution < -0.4 is 11.1 Å². The average Bonchev–Trinajstić information content (AvgIpc) is 2.76. The lowest BCUT2D eigenvalue weighted by molar-refractivity contribution is -0.117. The topological polar surface area (TPSA) is 96.7 Å². The Morgan fingerprint density at radius 2 is 2.24 bits per heavy atom. The van der Waals surface area contributed by atoms with Gasteiger partial charge in [-0.05, 0) is 24.6 Å². The maximum atomic E-state index is 11.7. The Bertz CT molecular complexity index is 521. The largest absolute Gasteiger partial charge is 0.325 e. The second kappa shape index (κ2) is 4.92. The van der Waals surface area contributed by atoms with E-state index in [0.29, 0.717) is 17.6 Å². The first kappa shape index (κ1) is 11.5. The van der Waals surface area contributed by atoms with Crippen LogP contribution in [-0.4, -0.2) is 27.4 Å². The number of hydrogen-bond acceptors (Lipinski definition) is 4. The number of amides is 1. The summed E-state index contributed by atoms with van der Waals surface area (Å²) in [5.74, 6) is -0.172. The van der Waals surface area contributed by atoms with E-state index in [1.165, 1.54) is 0 Å². The first-order valence-corrected chi connectivity index (χ1v) is 5.57. The van der Waals surface area contributed by atoms with Crippen LogP contribution in [0.25, 0.3) is 11.0 Å². The second-order valence-corrected chi connectivity index (χ2v) is 3.91. The normalized spacial score (nSPS) is 12.6. The number of nitrogens with zero attached hydrogens (tertiary/aromatic N) is 2. The molecule has 1 amide bonds. The maximum absolute atomic E-state index is 11.7. The van der Waals surface area contributed by atoms with Gasteiger partial charge in [-0.1, -0.05) is 13.3 Å². The van der Waals surface area contributed by atoms with E-state index in [9.17, 15) is 4.79 Å². The number of H-pyrrole nitrogens is 1. The van der Waals surface area contributed by atoms with Crippen LogP contribution in [0.1, 0.15) is 19.8 Å². The third kappa shape index (κ3) is 2.59. The third-order valence-electron chi connectivity index (χ3n) is 2.52. The molecule has 0 bridgehead atoms. The van der Waals surface area contributed by atoms with Gasteiger partial charge in [-0.25, -0.2) is 0 Å². The van der Waals surface area contributed by atoms with E-state index < -0.39 is 6.04 Å². The number of hydrogen-bond donors (Lipinski definition) is 3. The molecule has 1 heterocycles. The van der Waals surface area contributed by atoms with Crippen LogP contribution in [0.5, 0.6) is 0 Å². The van der Waals surface area contributed by atoms with Crippen molar-refractivity contribution in [1.29, 1.82) is 0 Å². The molecular weight excluding hydrogens is 218 g/mol. The standard InChI is InChI=1S/C11H15N5O/c1-2-3-8(12)11(17)13-7-4-5-9-10(6-7)15-16-14-9/h4-6,8H,2-3,12H2,1H3,(H,13,17)(H,14,15,16). The van der Waals surface area contributed by atoms with E-state index in [0.717, 1.165) is 11.9 Å². The van der Waals surface area contributed by atoms with Gasteiger partial charge in [0, 0.05) is 5.69 Å². The minimum atomic E-state index is -0.465. The minimum Gasteiger partial charge on any atom is -0.325 e. The third-order valence-corrected chi connectivity index (χ3v) is 2.52. The fourth-order valence-corrected chi connectivity index (χ4v) is 1.60. The molecule has 6 heteroatoms. The summed E-state index contributed by atoms with van der Waals surface area (Å²) in [7, 11) is 0. The lowest BCUT2D eigenvalue weighted by atomic mass is 10.1. The molecule has 0 saturated carbocycles. The highest BCUT2D eigenvalue weighted by Crippen LogP contribution is 2.15. The highest BCUT2D eigenvalue weighted by atomic mass is 16.2. The van der Waals surface area contributed by atoms with Crippen LogP contribution in [0.3, 0.4) is 0 Å². The monoisotopic (exact) mass is 233 g/mol. The zero-order valence-electron chi connectivity index (χ0n) is 9.60. The van der Waals surface area contributed by atoms with Gasteiger partial charge in [-0.15, -0.1) is 0 Å². The van der Waals surface area contributed by atoms with Gasteiger partial charge in [0.1, 0.15) is 11.0 Å².